The zero-order chi connectivity index (χ0) is 37.6. The van der Waals surface area contributed by atoms with Crippen LogP contribution in [-0.4, -0.2) is 74.5 Å². The van der Waals surface area contributed by atoms with Crippen molar-refractivity contribution in [3.63, 3.8) is 0 Å². The summed E-state index contributed by atoms with van der Waals surface area (Å²) in [6.07, 6.45) is 1.93. The van der Waals surface area contributed by atoms with Crippen molar-refractivity contribution in [3.05, 3.63) is 144 Å². The molecule has 0 aliphatic carbocycles. The molecule has 3 heterocycles. The number of thiazole rings is 1. The maximum absolute atomic E-state index is 14.4. The highest BCUT2D eigenvalue weighted by molar-refractivity contribution is 7.22. The number of nitrogen functional groups attached to an aromatic ring is 1. The fourth-order valence-electron chi connectivity index (χ4n) is 6.49. The lowest BCUT2D eigenvalue weighted by atomic mass is 10.1. The number of hydrogen-bond donors (Lipinski definition) is 3. The largest absolute Gasteiger partial charge is 0.444 e. The smallest absolute Gasteiger partial charge is 0.411 e. The summed E-state index contributed by atoms with van der Waals surface area (Å²) in [7, 11) is 0. The van der Waals surface area contributed by atoms with Crippen LogP contribution < -0.4 is 16.4 Å². The van der Waals surface area contributed by atoms with E-state index < -0.39 is 18.3 Å². The Morgan fingerprint density at radius 2 is 1.69 bits per heavy atom. The fraction of sp³-hybridized carbons (Fsp3) is 0.175. The molecule has 14 heteroatoms. The summed E-state index contributed by atoms with van der Waals surface area (Å²) in [5, 5.41) is 9.24. The molecule has 2 aliphatic heterocycles. The lowest BCUT2D eigenvalue weighted by Crippen LogP contribution is -2.61. The second-order valence-electron chi connectivity index (χ2n) is 12.7. The van der Waals surface area contributed by atoms with Gasteiger partial charge in [-0.05, 0) is 46.5 Å². The number of carbonyl (C=O) groups excluding carboxylic acids is 4. The van der Waals surface area contributed by atoms with Crippen molar-refractivity contribution in [2.75, 3.05) is 30.7 Å². The minimum atomic E-state index is -0.705. The van der Waals surface area contributed by atoms with Crippen LogP contribution in [-0.2, 0) is 34.0 Å². The number of hydrogen-bond acceptors (Lipinski definition) is 9. The van der Waals surface area contributed by atoms with Gasteiger partial charge < -0.3 is 20.7 Å². The first-order valence-corrected chi connectivity index (χ1v) is 18.1. The maximum atomic E-state index is 14.4. The normalized spacial score (nSPS) is 16.4. The van der Waals surface area contributed by atoms with Crippen LogP contribution in [0.4, 0.5) is 20.4 Å². The second kappa shape index (κ2) is 16.0. The van der Waals surface area contributed by atoms with Crippen LogP contribution in [0.2, 0.25) is 0 Å². The minimum absolute atomic E-state index is 0.117. The zero-order valence-electron chi connectivity index (χ0n) is 29.3. The molecule has 5 amide bonds. The third-order valence-corrected chi connectivity index (χ3v) is 9.89. The molecule has 0 radical (unpaired) electrons. The van der Waals surface area contributed by atoms with Gasteiger partial charge in [0.1, 0.15) is 25.0 Å². The molecule has 5 aromatic rings. The van der Waals surface area contributed by atoms with Gasteiger partial charge in [0.15, 0.2) is 5.13 Å². The number of nitrogens with two attached hydrogens (primary N) is 1. The number of rotatable bonds is 11. The van der Waals surface area contributed by atoms with E-state index in [2.05, 4.69) is 22.2 Å². The van der Waals surface area contributed by atoms with Crippen LogP contribution in [0, 0.1) is 0 Å². The van der Waals surface area contributed by atoms with E-state index in [0.717, 1.165) is 21.4 Å². The van der Waals surface area contributed by atoms with Gasteiger partial charge in [0.25, 0.3) is 5.91 Å². The zero-order valence-corrected chi connectivity index (χ0v) is 30.1. The molecule has 0 unspecified atom stereocenters. The molecule has 274 valence electrons. The summed E-state index contributed by atoms with van der Waals surface area (Å²) in [4.78, 5) is 62.0. The van der Waals surface area contributed by atoms with Crippen LogP contribution in [0.1, 0.15) is 22.3 Å². The molecule has 2 saturated heterocycles. The SMILES string of the molecule is C=CCN(C(=O)NCc1ccccc1)N1CC(=O)N2/C(=C/c3ccc(NC(=O)OCc4ccccc4)cc3)C(=O)N(Cc3cccc4sc(N)nc34)C[C@@H]21. The van der Waals surface area contributed by atoms with E-state index in [1.165, 1.54) is 21.2 Å². The van der Waals surface area contributed by atoms with E-state index in [9.17, 15) is 19.2 Å². The molecule has 1 aromatic heterocycles. The third kappa shape index (κ3) is 7.94. The summed E-state index contributed by atoms with van der Waals surface area (Å²) in [6.45, 7) is 4.57. The minimum Gasteiger partial charge on any atom is -0.444 e. The van der Waals surface area contributed by atoms with E-state index in [1.807, 2.05) is 78.9 Å². The summed E-state index contributed by atoms with van der Waals surface area (Å²) in [5.41, 5.74) is 10.6. The first kappa shape index (κ1) is 35.9. The highest BCUT2D eigenvalue weighted by atomic mass is 32.1. The number of benzene rings is 4. The van der Waals surface area contributed by atoms with E-state index >= 15 is 0 Å². The molecule has 54 heavy (non-hydrogen) atoms. The van der Waals surface area contributed by atoms with Gasteiger partial charge in [0.2, 0.25) is 5.91 Å². The molecule has 0 spiro atoms. The third-order valence-electron chi connectivity index (χ3n) is 9.04. The lowest BCUT2D eigenvalue weighted by molar-refractivity contribution is -0.142. The van der Waals surface area contributed by atoms with Crippen molar-refractivity contribution >= 4 is 62.4 Å². The number of fused-ring (bicyclic) bond motifs is 2. The Balaban J connectivity index is 1.16. The van der Waals surface area contributed by atoms with E-state index in [4.69, 9.17) is 10.5 Å². The van der Waals surface area contributed by atoms with Crippen molar-refractivity contribution in [2.24, 2.45) is 0 Å². The van der Waals surface area contributed by atoms with Crippen LogP contribution in [0.25, 0.3) is 16.3 Å². The average molecular weight is 743 g/mol. The number of anilines is 2. The molecule has 0 bridgehead atoms. The number of piperazine rings is 1. The number of hydrazine groups is 1. The first-order chi connectivity index (χ1) is 26.3. The average Bonchev–Trinajstić information content (AvgIpc) is 3.73. The van der Waals surface area contributed by atoms with Crippen LogP contribution in [0.3, 0.4) is 0 Å². The lowest BCUT2D eigenvalue weighted by Gasteiger charge is -2.43. The van der Waals surface area contributed by atoms with Crippen LogP contribution >= 0.6 is 11.3 Å². The van der Waals surface area contributed by atoms with Crippen molar-refractivity contribution in [2.45, 2.75) is 25.9 Å². The first-order valence-electron chi connectivity index (χ1n) is 17.3. The van der Waals surface area contributed by atoms with Gasteiger partial charge in [-0.25, -0.2) is 14.6 Å². The number of amides is 5. The number of urea groups is 1. The number of carbonyl (C=O) groups is 4. The summed E-state index contributed by atoms with van der Waals surface area (Å²) < 4.78 is 6.23. The van der Waals surface area contributed by atoms with Gasteiger partial charge >= 0.3 is 12.1 Å². The predicted molar refractivity (Wildman–Crippen MR) is 207 cm³/mol. The number of aromatic nitrogens is 1. The van der Waals surface area contributed by atoms with Gasteiger partial charge in [-0.15, -0.1) is 6.58 Å². The topological polar surface area (TPSA) is 153 Å². The maximum Gasteiger partial charge on any atom is 0.411 e. The predicted octanol–water partition coefficient (Wildman–Crippen LogP) is 5.79. The Morgan fingerprint density at radius 1 is 0.963 bits per heavy atom. The quantitative estimate of drug-likeness (QED) is 0.114. The molecule has 2 fully saturated rings. The van der Waals surface area contributed by atoms with Crippen molar-refractivity contribution < 1.29 is 23.9 Å². The summed E-state index contributed by atoms with van der Waals surface area (Å²) in [5.74, 6) is -0.699. The van der Waals surface area contributed by atoms with Crippen molar-refractivity contribution in [1.82, 2.24) is 30.1 Å². The van der Waals surface area contributed by atoms with Crippen molar-refractivity contribution in [1.29, 1.82) is 0 Å². The van der Waals surface area contributed by atoms with Gasteiger partial charge in [-0.1, -0.05) is 102 Å². The van der Waals surface area contributed by atoms with Crippen LogP contribution in [0.5, 0.6) is 0 Å². The van der Waals surface area contributed by atoms with Gasteiger partial charge in [0, 0.05) is 18.8 Å². The Kier molecular flexibility index (Phi) is 10.6. The summed E-state index contributed by atoms with van der Waals surface area (Å²) >= 11 is 1.37. The number of nitrogens with one attached hydrogen (secondary N) is 2. The van der Waals surface area contributed by atoms with Gasteiger partial charge in [-0.3, -0.25) is 24.8 Å². The highest BCUT2D eigenvalue weighted by Crippen LogP contribution is 2.33. The van der Waals surface area contributed by atoms with E-state index in [0.29, 0.717) is 21.9 Å². The standard InChI is InChI=1S/C40H38N8O5S/c1-2-20-46(39(51)42-22-28-10-5-3-6-11-28)47-25-35(49)48-32(21-27-16-18-31(19-17-27)43-40(52)53-26-29-12-7-4-8-13-29)37(50)45(24-34(47)48)23-30-14-9-15-33-36(30)44-38(41)54-33/h2-19,21,34H,1,20,22-26H2,(H2,41,44)(H,42,51)(H,43,52)/b32-21+/t34-/m1/s1. The monoisotopic (exact) mass is 742 g/mol. The molecule has 4 N–H and O–H groups in total. The molecule has 13 nitrogen and oxygen atoms in total. The molecular weight excluding hydrogens is 705 g/mol. The Hall–Kier alpha value is -6.51. The number of para-hydroxylation sites is 1. The van der Waals surface area contributed by atoms with Gasteiger partial charge in [0.05, 0.1) is 23.3 Å². The molecule has 7 rings (SSSR count). The van der Waals surface area contributed by atoms with Crippen LogP contribution in [0.15, 0.2) is 121 Å². The molecule has 0 saturated carbocycles. The Morgan fingerprint density at radius 3 is 2.41 bits per heavy atom. The Labute approximate surface area is 315 Å². The number of nitrogens with zero attached hydrogens (tertiary/aromatic N) is 5. The molecular formula is C40H38N8O5S. The second-order valence-corrected chi connectivity index (χ2v) is 13.8. The summed E-state index contributed by atoms with van der Waals surface area (Å²) in [6, 6.07) is 31.0. The van der Waals surface area contributed by atoms with Gasteiger partial charge in [-0.2, -0.15) is 5.01 Å². The Bertz CT molecular complexity index is 2210. The van der Waals surface area contributed by atoms with E-state index in [-0.39, 0.29) is 56.8 Å². The molecule has 4 aromatic carbocycles. The fourth-order valence-corrected chi connectivity index (χ4v) is 7.28. The highest BCUT2D eigenvalue weighted by Gasteiger charge is 2.50. The number of ether oxygens (including phenoxy) is 1. The molecule has 1 atom stereocenters. The molecule has 2 aliphatic rings. The van der Waals surface area contributed by atoms with Crippen molar-refractivity contribution in [3.8, 4) is 0 Å². The van der Waals surface area contributed by atoms with E-state index in [1.54, 1.807) is 46.3 Å².